The topological polar surface area (TPSA) is 72.7 Å². The van der Waals surface area contributed by atoms with Crippen molar-refractivity contribution in [3.05, 3.63) is 88.1 Å². The summed E-state index contributed by atoms with van der Waals surface area (Å²) in [5, 5.41) is 0.129. The summed E-state index contributed by atoms with van der Waals surface area (Å²) in [6.45, 7) is 4.72. The molecule has 3 aromatic heterocycles. The van der Waals surface area contributed by atoms with Gasteiger partial charge in [-0.3, -0.25) is 14.7 Å². The van der Waals surface area contributed by atoms with Crippen LogP contribution in [0.3, 0.4) is 0 Å². The molecule has 1 aromatic carbocycles. The highest BCUT2D eigenvalue weighted by Crippen LogP contribution is 2.35. The second-order valence-corrected chi connectivity index (χ2v) is 10.5. The minimum Gasteiger partial charge on any atom is -0.486 e. The number of hydrogen-bond donors (Lipinski definition) is 0. The molecule has 0 aliphatic carbocycles. The number of rotatable bonds is 7. The van der Waals surface area contributed by atoms with Crippen LogP contribution in [-0.4, -0.2) is 52.3 Å². The fraction of sp³-hybridized carbons (Fsp3) is 0.367. The molecular weight excluding hydrogens is 516 g/mol. The number of anilines is 1. The number of benzene rings is 1. The average molecular weight is 548 g/mol. The van der Waals surface area contributed by atoms with Crippen molar-refractivity contribution >= 4 is 16.6 Å². The Kier molecular flexibility index (Phi) is 7.10. The first-order chi connectivity index (χ1) is 19.4. The van der Waals surface area contributed by atoms with Crippen LogP contribution in [0.15, 0.2) is 59.9 Å². The zero-order valence-corrected chi connectivity index (χ0v) is 22.5. The van der Waals surface area contributed by atoms with Gasteiger partial charge in [-0.25, -0.2) is 9.37 Å². The fourth-order valence-electron chi connectivity index (χ4n) is 5.82. The van der Waals surface area contributed by atoms with Gasteiger partial charge in [0.15, 0.2) is 17.0 Å². The van der Waals surface area contributed by atoms with E-state index >= 15 is 0 Å². The molecule has 1 saturated heterocycles. The highest BCUT2D eigenvalue weighted by molar-refractivity contribution is 5.86. The molecule has 0 saturated carbocycles. The quantitative estimate of drug-likeness (QED) is 0.332. The summed E-state index contributed by atoms with van der Waals surface area (Å²) >= 11 is 0. The molecular formula is C30H31F2N5O3. The lowest BCUT2D eigenvalue weighted by Gasteiger charge is -2.40. The molecule has 208 valence electrons. The van der Waals surface area contributed by atoms with E-state index in [0.29, 0.717) is 30.0 Å². The Labute approximate surface area is 230 Å². The third kappa shape index (κ3) is 4.88. The molecule has 2 atom stereocenters. The van der Waals surface area contributed by atoms with Gasteiger partial charge in [-0.05, 0) is 49.6 Å². The lowest BCUT2D eigenvalue weighted by atomic mass is 10.0. The maximum absolute atomic E-state index is 14.6. The molecule has 0 amide bonds. The highest BCUT2D eigenvalue weighted by Gasteiger charge is 2.30. The summed E-state index contributed by atoms with van der Waals surface area (Å²) in [4.78, 5) is 26.9. The number of nitrogens with zero attached hydrogens (tertiary/aromatic N) is 5. The van der Waals surface area contributed by atoms with Crippen molar-refractivity contribution in [2.45, 2.75) is 44.9 Å². The van der Waals surface area contributed by atoms with E-state index in [0.717, 1.165) is 43.2 Å². The molecule has 6 rings (SSSR count). The van der Waals surface area contributed by atoms with E-state index in [2.05, 4.69) is 25.8 Å². The standard InChI is InChI=1S/C30H31F2N5O3/c1-19-18-40-30-27(32)25(31)12-24-28(30)37(19)16-21(29(24)38)15-36(14-20-7-9-34-26(11-20)39-2)23-6-4-10-35(17-23)22-5-3-8-33-13-22/h3,5,7-9,11-13,16,19,23H,4,6,10,14-15,17-18H2,1-2H3/t19?,23-/m0/s1. The zero-order chi connectivity index (χ0) is 27.8. The van der Waals surface area contributed by atoms with Gasteiger partial charge in [0.1, 0.15) is 6.61 Å². The van der Waals surface area contributed by atoms with Crippen LogP contribution in [0.5, 0.6) is 11.6 Å². The molecule has 4 aromatic rings. The Morgan fingerprint density at radius 3 is 2.88 bits per heavy atom. The number of hydrogen-bond acceptors (Lipinski definition) is 7. The van der Waals surface area contributed by atoms with Gasteiger partial charge in [-0.2, -0.15) is 4.39 Å². The molecule has 0 radical (unpaired) electrons. The van der Waals surface area contributed by atoms with E-state index in [1.54, 1.807) is 25.7 Å². The van der Waals surface area contributed by atoms with Crippen molar-refractivity contribution in [3.63, 3.8) is 0 Å². The van der Waals surface area contributed by atoms with Crippen molar-refractivity contribution in [1.29, 1.82) is 0 Å². The SMILES string of the molecule is COc1cc(CN(Cc2cn3c4c(c(F)c(F)cc4c2=O)OCC3C)[C@H]2CCCN(c3cccnc3)C2)ccn1. The smallest absolute Gasteiger partial charge is 0.213 e. The van der Waals surface area contributed by atoms with Gasteiger partial charge in [-0.15, -0.1) is 0 Å². The van der Waals surface area contributed by atoms with Gasteiger partial charge in [0.2, 0.25) is 11.7 Å². The maximum Gasteiger partial charge on any atom is 0.213 e. The van der Waals surface area contributed by atoms with Gasteiger partial charge in [0.25, 0.3) is 0 Å². The summed E-state index contributed by atoms with van der Waals surface area (Å²) in [7, 11) is 1.58. The second kappa shape index (κ2) is 10.8. The first kappa shape index (κ1) is 26.2. The maximum atomic E-state index is 14.6. The summed E-state index contributed by atoms with van der Waals surface area (Å²) in [5.41, 5.74) is 2.58. The molecule has 8 nitrogen and oxygen atoms in total. The molecule has 1 fully saturated rings. The Morgan fingerprint density at radius 2 is 2.08 bits per heavy atom. The van der Waals surface area contributed by atoms with Crippen molar-refractivity contribution in [3.8, 4) is 11.6 Å². The molecule has 0 N–H and O–H groups in total. The monoisotopic (exact) mass is 547 g/mol. The van der Waals surface area contributed by atoms with Crippen molar-refractivity contribution in [2.24, 2.45) is 0 Å². The molecule has 2 aliphatic rings. The van der Waals surface area contributed by atoms with Crippen molar-refractivity contribution in [1.82, 2.24) is 19.4 Å². The minimum atomic E-state index is -1.09. The molecule has 10 heteroatoms. The normalized spacial score (nSPS) is 18.7. The Balaban J connectivity index is 1.40. The number of halogens is 2. The molecule has 2 aliphatic heterocycles. The van der Waals surface area contributed by atoms with E-state index in [-0.39, 0.29) is 35.3 Å². The Hall–Kier alpha value is -4.05. The molecule has 0 bridgehead atoms. The van der Waals surface area contributed by atoms with E-state index in [4.69, 9.17) is 9.47 Å². The summed E-state index contributed by atoms with van der Waals surface area (Å²) in [6, 6.07) is 8.82. The summed E-state index contributed by atoms with van der Waals surface area (Å²) in [5.74, 6) is -1.83. The number of methoxy groups -OCH3 is 1. The molecule has 1 unspecified atom stereocenters. The van der Waals surface area contributed by atoms with Crippen LogP contribution in [0.2, 0.25) is 0 Å². The number of pyridine rings is 3. The van der Waals surface area contributed by atoms with Gasteiger partial charge < -0.3 is 18.9 Å². The minimum absolute atomic E-state index is 0.129. The number of aromatic nitrogens is 3. The Morgan fingerprint density at radius 1 is 1.20 bits per heavy atom. The third-order valence-corrected chi connectivity index (χ3v) is 7.87. The fourth-order valence-corrected chi connectivity index (χ4v) is 5.82. The second-order valence-electron chi connectivity index (χ2n) is 10.5. The molecule has 0 spiro atoms. The van der Waals surface area contributed by atoms with E-state index in [1.165, 1.54) is 0 Å². The van der Waals surface area contributed by atoms with Crippen LogP contribution in [0.1, 0.15) is 36.9 Å². The van der Waals surface area contributed by atoms with Gasteiger partial charge in [-0.1, -0.05) is 0 Å². The van der Waals surface area contributed by atoms with Crippen LogP contribution in [-0.2, 0) is 13.1 Å². The van der Waals surface area contributed by atoms with Gasteiger partial charge in [0.05, 0.1) is 35.9 Å². The average Bonchev–Trinajstić information content (AvgIpc) is 2.99. The predicted octanol–water partition coefficient (Wildman–Crippen LogP) is 4.70. The van der Waals surface area contributed by atoms with Crippen LogP contribution in [0.25, 0.3) is 10.9 Å². The van der Waals surface area contributed by atoms with Crippen molar-refractivity contribution in [2.75, 3.05) is 31.7 Å². The summed E-state index contributed by atoms with van der Waals surface area (Å²) in [6.07, 6.45) is 9.08. The van der Waals surface area contributed by atoms with E-state index < -0.39 is 11.6 Å². The van der Waals surface area contributed by atoms with Gasteiger partial charge in [0, 0.05) is 62.4 Å². The zero-order valence-electron chi connectivity index (χ0n) is 22.5. The number of ether oxygens (including phenoxy) is 2. The van der Waals surface area contributed by atoms with Crippen LogP contribution < -0.4 is 19.8 Å². The largest absolute Gasteiger partial charge is 0.486 e. The lowest BCUT2D eigenvalue weighted by molar-refractivity contribution is 0.157. The van der Waals surface area contributed by atoms with Crippen LogP contribution >= 0.6 is 0 Å². The lowest BCUT2D eigenvalue weighted by Crippen LogP contribution is -2.48. The van der Waals surface area contributed by atoms with E-state index in [9.17, 15) is 13.6 Å². The predicted molar refractivity (Wildman–Crippen MR) is 148 cm³/mol. The highest BCUT2D eigenvalue weighted by atomic mass is 19.2. The Bertz CT molecular complexity index is 1600. The number of piperidine rings is 1. The summed E-state index contributed by atoms with van der Waals surface area (Å²) < 4.78 is 41.9. The molecule has 5 heterocycles. The first-order valence-electron chi connectivity index (χ1n) is 13.5. The van der Waals surface area contributed by atoms with Gasteiger partial charge >= 0.3 is 0 Å². The van der Waals surface area contributed by atoms with Crippen molar-refractivity contribution < 1.29 is 18.3 Å². The van der Waals surface area contributed by atoms with Crippen LogP contribution in [0, 0.1) is 11.6 Å². The third-order valence-electron chi connectivity index (χ3n) is 7.87. The first-order valence-corrected chi connectivity index (χ1v) is 13.5. The van der Waals surface area contributed by atoms with E-state index in [1.807, 2.05) is 35.9 Å². The molecule has 40 heavy (non-hydrogen) atoms. The van der Waals surface area contributed by atoms with Crippen LogP contribution in [0.4, 0.5) is 14.5 Å².